The van der Waals surface area contributed by atoms with Crippen LogP contribution < -0.4 is 0 Å². The first-order valence-corrected chi connectivity index (χ1v) is 7.93. The van der Waals surface area contributed by atoms with E-state index in [1.165, 1.54) is 4.31 Å². The van der Waals surface area contributed by atoms with Gasteiger partial charge in [-0.15, -0.1) is 0 Å². The van der Waals surface area contributed by atoms with Crippen LogP contribution in [0.5, 0.6) is 0 Å². The van der Waals surface area contributed by atoms with Crippen molar-refractivity contribution in [1.29, 1.82) is 0 Å². The number of aromatic nitrogens is 2. The van der Waals surface area contributed by atoms with Crippen LogP contribution in [0.3, 0.4) is 0 Å². The second-order valence-electron chi connectivity index (χ2n) is 5.16. The van der Waals surface area contributed by atoms with Crippen LogP contribution in [0.25, 0.3) is 0 Å². The van der Waals surface area contributed by atoms with Crippen LogP contribution in [0.1, 0.15) is 31.5 Å². The molecule has 0 saturated carbocycles. The van der Waals surface area contributed by atoms with Crippen molar-refractivity contribution >= 4 is 10.0 Å². The van der Waals surface area contributed by atoms with Crippen LogP contribution >= 0.6 is 0 Å². The lowest BCUT2D eigenvalue weighted by Gasteiger charge is -2.32. The second kappa shape index (κ2) is 5.22. The summed E-state index contributed by atoms with van der Waals surface area (Å²) in [5.41, 5.74) is 0.907. The quantitative estimate of drug-likeness (QED) is 0.826. The van der Waals surface area contributed by atoms with Gasteiger partial charge in [-0.2, -0.15) is 4.31 Å². The predicted octanol–water partition coefficient (Wildman–Crippen LogP) is 0.840. The highest BCUT2D eigenvalue weighted by Gasteiger charge is 2.33. The van der Waals surface area contributed by atoms with Gasteiger partial charge in [0.25, 0.3) is 0 Å². The zero-order valence-electron chi connectivity index (χ0n) is 11.8. The molecule has 0 N–H and O–H groups in total. The Kier molecular flexibility index (Phi) is 3.98. The third-order valence-electron chi connectivity index (χ3n) is 3.31. The number of ether oxygens (including phenoxy) is 1. The van der Waals surface area contributed by atoms with Crippen LogP contribution in [0.4, 0.5) is 0 Å². The zero-order valence-corrected chi connectivity index (χ0v) is 12.6. The van der Waals surface area contributed by atoms with Crippen LogP contribution in [-0.4, -0.2) is 47.2 Å². The van der Waals surface area contributed by atoms with Crippen LogP contribution in [-0.2, 0) is 21.8 Å². The Balaban J connectivity index is 2.21. The zero-order chi connectivity index (χ0) is 14.2. The summed E-state index contributed by atoms with van der Waals surface area (Å²) in [7, 11) is -1.33. The highest BCUT2D eigenvalue weighted by molar-refractivity contribution is 7.89. The molecular formula is C12H21N3O3S. The van der Waals surface area contributed by atoms with Crippen molar-refractivity contribution in [3.63, 3.8) is 0 Å². The maximum atomic E-state index is 12.2. The maximum absolute atomic E-state index is 12.2. The molecule has 19 heavy (non-hydrogen) atoms. The fourth-order valence-corrected chi connectivity index (χ4v) is 3.51. The lowest BCUT2D eigenvalue weighted by molar-refractivity contribution is -0.00912. The SMILES string of the molecule is Cc1cn(C)c([C@@H]2CN(S(=O)(=O)C(C)C)CCO2)n1. The Labute approximate surface area is 114 Å². The van der Waals surface area contributed by atoms with E-state index in [-0.39, 0.29) is 6.10 Å². The normalized spacial score (nSPS) is 22.1. The lowest BCUT2D eigenvalue weighted by Crippen LogP contribution is -2.45. The molecule has 7 heteroatoms. The predicted molar refractivity (Wildman–Crippen MR) is 72.3 cm³/mol. The summed E-state index contributed by atoms with van der Waals surface area (Å²) < 4.78 is 33.5. The number of morpholine rings is 1. The molecule has 1 aliphatic rings. The number of rotatable bonds is 3. The summed E-state index contributed by atoms with van der Waals surface area (Å²) in [5, 5.41) is -0.408. The third-order valence-corrected chi connectivity index (χ3v) is 5.55. The minimum absolute atomic E-state index is 0.291. The van der Waals surface area contributed by atoms with E-state index in [1.807, 2.05) is 24.7 Å². The van der Waals surface area contributed by atoms with Crippen molar-refractivity contribution in [2.24, 2.45) is 7.05 Å². The molecule has 1 aliphatic heterocycles. The van der Waals surface area contributed by atoms with Crippen molar-refractivity contribution in [1.82, 2.24) is 13.9 Å². The van der Waals surface area contributed by atoms with Crippen LogP contribution in [0, 0.1) is 6.92 Å². The summed E-state index contributed by atoms with van der Waals surface area (Å²) in [4.78, 5) is 4.41. The first-order chi connectivity index (χ1) is 8.82. The molecule has 0 aliphatic carbocycles. The number of hydrogen-bond donors (Lipinski definition) is 0. The molecule has 0 aromatic carbocycles. The number of aryl methyl sites for hydroxylation is 2. The van der Waals surface area contributed by atoms with Crippen LogP contribution in [0.2, 0.25) is 0 Å². The average molecular weight is 287 g/mol. The van der Waals surface area contributed by atoms with Gasteiger partial charge in [0.1, 0.15) is 11.9 Å². The van der Waals surface area contributed by atoms with Crippen molar-refractivity contribution in [3.05, 3.63) is 17.7 Å². The molecule has 1 saturated heterocycles. The van der Waals surface area contributed by atoms with Crippen molar-refractivity contribution in [2.45, 2.75) is 32.1 Å². The molecule has 1 aromatic heterocycles. The Bertz CT molecular complexity index is 551. The molecule has 108 valence electrons. The van der Waals surface area contributed by atoms with E-state index in [1.54, 1.807) is 13.8 Å². The van der Waals surface area contributed by atoms with E-state index < -0.39 is 15.3 Å². The minimum Gasteiger partial charge on any atom is -0.368 e. The Morgan fingerprint density at radius 2 is 2.16 bits per heavy atom. The Morgan fingerprint density at radius 3 is 2.68 bits per heavy atom. The first-order valence-electron chi connectivity index (χ1n) is 6.42. The summed E-state index contributed by atoms with van der Waals surface area (Å²) in [6.45, 7) is 6.47. The molecule has 0 amide bonds. The summed E-state index contributed by atoms with van der Waals surface area (Å²) >= 11 is 0. The molecule has 1 aromatic rings. The fourth-order valence-electron chi connectivity index (χ4n) is 2.25. The van der Waals surface area contributed by atoms with Crippen molar-refractivity contribution in [3.8, 4) is 0 Å². The fraction of sp³-hybridized carbons (Fsp3) is 0.750. The van der Waals surface area contributed by atoms with Gasteiger partial charge in [0.05, 0.1) is 17.6 Å². The smallest absolute Gasteiger partial charge is 0.216 e. The van der Waals surface area contributed by atoms with Gasteiger partial charge >= 0.3 is 0 Å². The standard InChI is InChI=1S/C12H21N3O3S/c1-9(2)19(16,17)15-5-6-18-11(8-15)12-13-10(3)7-14(12)4/h7,9,11H,5-6,8H2,1-4H3/t11-/m0/s1. The highest BCUT2D eigenvalue weighted by Crippen LogP contribution is 2.24. The van der Waals surface area contributed by atoms with E-state index in [0.717, 1.165) is 11.5 Å². The molecular weight excluding hydrogens is 266 g/mol. The average Bonchev–Trinajstić information content (AvgIpc) is 2.68. The van der Waals surface area contributed by atoms with E-state index in [0.29, 0.717) is 19.7 Å². The van der Waals surface area contributed by atoms with Gasteiger partial charge < -0.3 is 9.30 Å². The topological polar surface area (TPSA) is 64.4 Å². The van der Waals surface area contributed by atoms with Crippen molar-refractivity contribution < 1.29 is 13.2 Å². The summed E-state index contributed by atoms with van der Waals surface area (Å²) in [5.74, 6) is 0.779. The number of nitrogens with zero attached hydrogens (tertiary/aromatic N) is 3. The molecule has 1 fully saturated rings. The molecule has 0 radical (unpaired) electrons. The number of imidazole rings is 1. The van der Waals surface area contributed by atoms with Crippen molar-refractivity contribution in [2.75, 3.05) is 19.7 Å². The van der Waals surface area contributed by atoms with Crippen LogP contribution in [0.15, 0.2) is 6.20 Å². The lowest BCUT2D eigenvalue weighted by atomic mass is 10.3. The van der Waals surface area contributed by atoms with Gasteiger partial charge in [0, 0.05) is 26.3 Å². The molecule has 2 heterocycles. The van der Waals surface area contributed by atoms with Gasteiger partial charge in [-0.05, 0) is 20.8 Å². The maximum Gasteiger partial charge on any atom is 0.216 e. The summed E-state index contributed by atoms with van der Waals surface area (Å²) in [6.07, 6.45) is 1.62. The monoisotopic (exact) mass is 287 g/mol. The largest absolute Gasteiger partial charge is 0.368 e. The van der Waals surface area contributed by atoms with E-state index >= 15 is 0 Å². The minimum atomic E-state index is -3.23. The number of hydrogen-bond acceptors (Lipinski definition) is 4. The molecule has 6 nitrogen and oxygen atoms in total. The number of sulfonamides is 1. The van der Waals surface area contributed by atoms with Gasteiger partial charge in [-0.3, -0.25) is 0 Å². The Hall–Kier alpha value is -0.920. The molecule has 0 bridgehead atoms. The molecule has 0 spiro atoms. The third kappa shape index (κ3) is 2.82. The van der Waals surface area contributed by atoms with E-state index in [4.69, 9.17) is 4.74 Å². The highest BCUT2D eigenvalue weighted by atomic mass is 32.2. The Morgan fingerprint density at radius 1 is 1.47 bits per heavy atom. The van der Waals surface area contributed by atoms with Gasteiger partial charge in [-0.1, -0.05) is 0 Å². The molecule has 0 unspecified atom stereocenters. The molecule has 2 rings (SSSR count). The van der Waals surface area contributed by atoms with E-state index in [2.05, 4.69) is 4.98 Å². The van der Waals surface area contributed by atoms with Gasteiger partial charge in [0.2, 0.25) is 10.0 Å². The van der Waals surface area contributed by atoms with E-state index in [9.17, 15) is 8.42 Å². The molecule has 1 atom stereocenters. The van der Waals surface area contributed by atoms with Gasteiger partial charge in [0.15, 0.2) is 0 Å². The second-order valence-corrected chi connectivity index (χ2v) is 7.65. The summed E-state index contributed by atoms with van der Waals surface area (Å²) in [6, 6.07) is 0. The first kappa shape index (κ1) is 14.5. The van der Waals surface area contributed by atoms with Gasteiger partial charge in [-0.25, -0.2) is 13.4 Å².